The van der Waals surface area contributed by atoms with Crippen molar-refractivity contribution in [2.45, 2.75) is 77.0 Å². The van der Waals surface area contributed by atoms with Gasteiger partial charge in [-0.3, -0.25) is 0 Å². The molecule has 0 unspecified atom stereocenters. The van der Waals surface area contributed by atoms with E-state index < -0.39 is 0 Å². The molecule has 1 aromatic rings. The normalized spacial score (nSPS) is 22.3. The van der Waals surface area contributed by atoms with Gasteiger partial charge in [0.15, 0.2) is 0 Å². The van der Waals surface area contributed by atoms with E-state index in [-0.39, 0.29) is 0 Å². The minimum atomic E-state index is 0.695. The van der Waals surface area contributed by atoms with Crippen molar-refractivity contribution in [3.8, 4) is 0 Å². The van der Waals surface area contributed by atoms with Crippen LogP contribution in [0.1, 0.15) is 81.8 Å². The average Bonchev–Trinajstić information content (AvgIpc) is 2.58. The lowest BCUT2D eigenvalue weighted by Gasteiger charge is -2.28. The molecule has 0 nitrogen and oxygen atoms in total. The third kappa shape index (κ3) is 5.59. The zero-order valence-corrected chi connectivity index (χ0v) is 14.1. The van der Waals surface area contributed by atoms with E-state index in [2.05, 4.69) is 31.2 Å². The van der Waals surface area contributed by atoms with Gasteiger partial charge in [-0.2, -0.15) is 0 Å². The third-order valence-electron chi connectivity index (χ3n) is 5.18. The van der Waals surface area contributed by atoms with Crippen LogP contribution in [0, 0.1) is 5.92 Å². The molecule has 1 aromatic carbocycles. The van der Waals surface area contributed by atoms with Crippen molar-refractivity contribution in [3.05, 3.63) is 47.8 Å². The number of aryl methyl sites for hydroxylation is 1. The van der Waals surface area contributed by atoms with E-state index in [1.807, 2.05) is 0 Å². The molecule has 0 bridgehead atoms. The summed E-state index contributed by atoms with van der Waals surface area (Å²) in [5.74, 6) is 1.42. The summed E-state index contributed by atoms with van der Waals surface area (Å²) in [6.07, 6.45) is 14.9. The molecule has 0 N–H and O–H groups in total. The van der Waals surface area contributed by atoms with Crippen LogP contribution in [0.2, 0.25) is 0 Å². The Hall–Kier alpha value is -1.11. The van der Waals surface area contributed by atoms with Gasteiger partial charge in [0.05, 0.1) is 6.33 Å². The van der Waals surface area contributed by atoms with Crippen molar-refractivity contribution in [1.29, 1.82) is 0 Å². The second-order valence-corrected chi connectivity index (χ2v) is 6.87. The van der Waals surface area contributed by atoms with E-state index in [4.69, 9.17) is 0 Å². The molecule has 1 aliphatic carbocycles. The second kappa shape index (κ2) is 9.82. The Kier molecular flexibility index (Phi) is 7.70. The summed E-state index contributed by atoms with van der Waals surface area (Å²) < 4.78 is 12.1. The Balaban J connectivity index is 1.76. The molecule has 0 atom stereocenters. The molecule has 0 aromatic heterocycles. The minimum Gasteiger partial charge on any atom is -0.216 e. The highest BCUT2D eigenvalue weighted by Crippen LogP contribution is 2.37. The van der Waals surface area contributed by atoms with Crippen LogP contribution in [0.25, 0.3) is 0 Å². The number of halogens is 1. The number of unbranched alkanes of at least 4 members (excludes halogenated alkanes) is 3. The highest BCUT2D eigenvalue weighted by Gasteiger charge is 2.21. The topological polar surface area (TPSA) is 0 Å². The van der Waals surface area contributed by atoms with Crippen LogP contribution in [-0.4, -0.2) is 0 Å². The first-order chi connectivity index (χ1) is 10.8. The highest BCUT2D eigenvalue weighted by molar-refractivity contribution is 5.26. The van der Waals surface area contributed by atoms with Gasteiger partial charge in [-0.1, -0.05) is 56.5 Å². The fourth-order valence-electron chi connectivity index (χ4n) is 3.69. The van der Waals surface area contributed by atoms with Gasteiger partial charge in [-0.05, 0) is 67.9 Å². The standard InChI is InChI=1S/C21H31F/c1-2-3-4-5-7-18-9-13-20(14-10-18)21-15-11-19(12-16-21)8-6-17-22/h6,9-10,13-14,17,19,21H,2-5,7-8,11-12,15-16H2,1H3/b17-6+. The number of rotatable bonds is 8. The van der Waals surface area contributed by atoms with Crippen molar-refractivity contribution in [2.24, 2.45) is 5.92 Å². The van der Waals surface area contributed by atoms with E-state index in [9.17, 15) is 4.39 Å². The first-order valence-corrected chi connectivity index (χ1v) is 9.17. The molecule has 0 radical (unpaired) electrons. The van der Waals surface area contributed by atoms with Gasteiger partial charge in [0.1, 0.15) is 0 Å². The lowest BCUT2D eigenvalue weighted by molar-refractivity contribution is 0.327. The van der Waals surface area contributed by atoms with Gasteiger partial charge in [0.2, 0.25) is 0 Å². The monoisotopic (exact) mass is 302 g/mol. The van der Waals surface area contributed by atoms with Crippen LogP contribution in [0.5, 0.6) is 0 Å². The van der Waals surface area contributed by atoms with Gasteiger partial charge in [0, 0.05) is 0 Å². The number of hydrogen-bond donors (Lipinski definition) is 0. The van der Waals surface area contributed by atoms with Crippen LogP contribution < -0.4 is 0 Å². The van der Waals surface area contributed by atoms with Gasteiger partial charge >= 0.3 is 0 Å². The maximum absolute atomic E-state index is 12.1. The molecule has 22 heavy (non-hydrogen) atoms. The van der Waals surface area contributed by atoms with Crippen LogP contribution in [0.15, 0.2) is 36.7 Å². The molecule has 0 heterocycles. The first-order valence-electron chi connectivity index (χ1n) is 9.17. The fourth-order valence-corrected chi connectivity index (χ4v) is 3.69. The van der Waals surface area contributed by atoms with Crippen molar-refractivity contribution >= 4 is 0 Å². The summed E-state index contributed by atoms with van der Waals surface area (Å²) in [5, 5.41) is 0. The minimum absolute atomic E-state index is 0.695. The summed E-state index contributed by atoms with van der Waals surface area (Å²) in [6, 6.07) is 9.36. The third-order valence-corrected chi connectivity index (χ3v) is 5.18. The van der Waals surface area contributed by atoms with Crippen LogP contribution in [0.4, 0.5) is 4.39 Å². The second-order valence-electron chi connectivity index (χ2n) is 6.87. The van der Waals surface area contributed by atoms with E-state index in [1.165, 1.54) is 68.9 Å². The SMILES string of the molecule is CCCCCCc1ccc(C2CCC(C/C=C/F)CC2)cc1. The number of hydrogen-bond acceptors (Lipinski definition) is 0. The van der Waals surface area contributed by atoms with Gasteiger partial charge in [-0.25, -0.2) is 4.39 Å². The van der Waals surface area contributed by atoms with Gasteiger partial charge < -0.3 is 0 Å². The smallest absolute Gasteiger partial charge is 0.0827 e. The summed E-state index contributed by atoms with van der Waals surface area (Å²) in [5.41, 5.74) is 3.00. The fraction of sp³-hybridized carbons (Fsp3) is 0.619. The summed E-state index contributed by atoms with van der Waals surface area (Å²) >= 11 is 0. The molecule has 1 heteroatoms. The Labute approximate surface area is 135 Å². The molecule has 1 fully saturated rings. The van der Waals surface area contributed by atoms with Gasteiger partial charge in [-0.15, -0.1) is 0 Å². The average molecular weight is 302 g/mol. The van der Waals surface area contributed by atoms with Gasteiger partial charge in [0.25, 0.3) is 0 Å². The largest absolute Gasteiger partial charge is 0.216 e. The highest BCUT2D eigenvalue weighted by atomic mass is 19.1. The molecule has 122 valence electrons. The van der Waals surface area contributed by atoms with E-state index >= 15 is 0 Å². The molecule has 0 aliphatic heterocycles. The molecule has 1 saturated carbocycles. The Morgan fingerprint density at radius 3 is 2.36 bits per heavy atom. The zero-order valence-electron chi connectivity index (χ0n) is 14.1. The molecule has 0 spiro atoms. The van der Waals surface area contributed by atoms with Crippen LogP contribution in [-0.2, 0) is 6.42 Å². The Morgan fingerprint density at radius 1 is 1.00 bits per heavy atom. The first kappa shape index (κ1) is 17.2. The number of benzene rings is 1. The van der Waals surface area contributed by atoms with E-state index in [1.54, 1.807) is 6.08 Å². The summed E-state index contributed by atoms with van der Waals surface area (Å²) in [7, 11) is 0. The van der Waals surface area contributed by atoms with Crippen molar-refractivity contribution in [3.63, 3.8) is 0 Å². The van der Waals surface area contributed by atoms with E-state index in [0.29, 0.717) is 12.2 Å². The van der Waals surface area contributed by atoms with Crippen molar-refractivity contribution < 1.29 is 4.39 Å². The summed E-state index contributed by atoms with van der Waals surface area (Å²) in [6.45, 7) is 2.26. The lowest BCUT2D eigenvalue weighted by atomic mass is 9.77. The van der Waals surface area contributed by atoms with Crippen molar-refractivity contribution in [2.75, 3.05) is 0 Å². The summed E-state index contributed by atoms with van der Waals surface area (Å²) in [4.78, 5) is 0. The Bertz CT molecular complexity index is 424. The molecule has 2 rings (SSSR count). The van der Waals surface area contributed by atoms with Crippen molar-refractivity contribution in [1.82, 2.24) is 0 Å². The lowest BCUT2D eigenvalue weighted by Crippen LogP contribution is -2.12. The predicted octanol–water partition coefficient (Wildman–Crippen LogP) is 6.96. The maximum atomic E-state index is 12.1. The molecular weight excluding hydrogens is 271 g/mol. The van der Waals surface area contributed by atoms with E-state index in [0.717, 1.165) is 12.3 Å². The number of allylic oxidation sites excluding steroid dienone is 1. The zero-order chi connectivity index (χ0) is 15.6. The molecule has 1 aliphatic rings. The van der Waals surface area contributed by atoms with Crippen LogP contribution in [0.3, 0.4) is 0 Å². The predicted molar refractivity (Wildman–Crippen MR) is 93.9 cm³/mol. The molecule has 0 amide bonds. The molecule has 0 saturated heterocycles. The Morgan fingerprint density at radius 2 is 1.73 bits per heavy atom. The molecular formula is C21H31F. The van der Waals surface area contributed by atoms with Crippen LogP contribution >= 0.6 is 0 Å². The quantitative estimate of drug-likeness (QED) is 0.455. The maximum Gasteiger partial charge on any atom is 0.0827 e.